The highest BCUT2D eigenvalue weighted by molar-refractivity contribution is 5.92. The van der Waals surface area contributed by atoms with Crippen LogP contribution in [0.2, 0.25) is 0 Å². The average Bonchev–Trinajstić information content (AvgIpc) is 2.70. The van der Waals surface area contributed by atoms with E-state index < -0.39 is 11.7 Å². The fraction of sp³-hybridized carbons (Fsp3) is 0.318. The fourth-order valence-electron chi connectivity index (χ4n) is 3.52. The second-order valence-electron chi connectivity index (χ2n) is 7.29. The Hall–Kier alpha value is -2.64. The summed E-state index contributed by atoms with van der Waals surface area (Å²) in [6, 6.07) is 15.2. The van der Waals surface area contributed by atoms with Gasteiger partial charge in [0.2, 0.25) is 0 Å². The van der Waals surface area contributed by atoms with Gasteiger partial charge in [0.15, 0.2) is 6.54 Å². The lowest BCUT2D eigenvalue weighted by Gasteiger charge is -2.28. The molecule has 1 fully saturated rings. The Balaban J connectivity index is 1.44. The first kappa shape index (κ1) is 21.1. The van der Waals surface area contributed by atoms with Crippen LogP contribution in [0.4, 0.5) is 18.9 Å². The average molecular weight is 405 g/mol. The molecule has 2 aromatic carbocycles. The molecule has 1 heterocycles. The maximum atomic E-state index is 13.0. The summed E-state index contributed by atoms with van der Waals surface area (Å²) in [6.45, 7) is 4.61. The number of piperazine rings is 1. The monoisotopic (exact) mass is 405 g/mol. The Bertz CT molecular complexity index is 829. The number of benzene rings is 2. The van der Waals surface area contributed by atoms with Crippen molar-refractivity contribution in [2.75, 3.05) is 44.6 Å². The first-order chi connectivity index (χ1) is 13.9. The predicted octanol–water partition coefficient (Wildman–Crippen LogP) is 1.14. The van der Waals surface area contributed by atoms with Gasteiger partial charge in [-0.05, 0) is 23.8 Å². The third-order valence-corrected chi connectivity index (χ3v) is 5.10. The minimum Gasteiger partial charge on any atom is -0.322 e. The van der Waals surface area contributed by atoms with E-state index in [1.54, 1.807) is 0 Å². The van der Waals surface area contributed by atoms with Crippen molar-refractivity contribution in [3.63, 3.8) is 0 Å². The predicted molar refractivity (Wildman–Crippen MR) is 107 cm³/mol. The molecule has 3 N–H and O–H groups in total. The molecule has 0 aliphatic carbocycles. The fourth-order valence-corrected chi connectivity index (χ4v) is 3.52. The van der Waals surface area contributed by atoms with Gasteiger partial charge in [0, 0.05) is 0 Å². The number of hydrogen-bond acceptors (Lipinski definition) is 1. The largest absolute Gasteiger partial charge is 0.418 e. The highest BCUT2D eigenvalue weighted by Crippen LogP contribution is 2.34. The SMILES string of the molecule is O=C(C[NH+]1CC[NH+](C/C=C/c2ccccc2)CC1)Nc1ccccc1C(F)(F)F. The number of para-hydroxylation sites is 1. The molecule has 2 aromatic rings. The summed E-state index contributed by atoms with van der Waals surface area (Å²) in [5, 5.41) is 2.43. The molecule has 154 valence electrons. The molecule has 7 heteroatoms. The highest BCUT2D eigenvalue weighted by atomic mass is 19.4. The molecule has 1 amide bonds. The number of hydrogen-bond donors (Lipinski definition) is 3. The molecule has 0 atom stereocenters. The van der Waals surface area contributed by atoms with Gasteiger partial charge >= 0.3 is 6.18 Å². The maximum Gasteiger partial charge on any atom is 0.418 e. The van der Waals surface area contributed by atoms with Gasteiger partial charge < -0.3 is 15.1 Å². The number of alkyl halides is 3. The molecule has 29 heavy (non-hydrogen) atoms. The Morgan fingerprint density at radius 2 is 1.55 bits per heavy atom. The van der Waals surface area contributed by atoms with Gasteiger partial charge in [-0.25, -0.2) is 0 Å². The van der Waals surface area contributed by atoms with E-state index in [0.717, 1.165) is 43.7 Å². The van der Waals surface area contributed by atoms with Gasteiger partial charge in [-0.2, -0.15) is 13.2 Å². The molecule has 0 unspecified atom stereocenters. The Labute approximate surface area is 168 Å². The van der Waals surface area contributed by atoms with Crippen molar-refractivity contribution in [1.82, 2.24) is 0 Å². The quantitative estimate of drug-likeness (QED) is 0.663. The number of halogens is 3. The topological polar surface area (TPSA) is 38.0 Å². The minimum atomic E-state index is -4.49. The van der Waals surface area contributed by atoms with E-state index in [2.05, 4.69) is 29.6 Å². The van der Waals surface area contributed by atoms with Gasteiger partial charge in [0.05, 0.1) is 17.8 Å². The second kappa shape index (κ2) is 9.71. The van der Waals surface area contributed by atoms with Crippen molar-refractivity contribution < 1.29 is 27.8 Å². The third kappa shape index (κ3) is 6.44. The van der Waals surface area contributed by atoms with Crippen LogP contribution in [0.3, 0.4) is 0 Å². The highest BCUT2D eigenvalue weighted by Gasteiger charge is 2.34. The lowest BCUT2D eigenvalue weighted by Crippen LogP contribution is -3.28. The first-order valence-electron chi connectivity index (χ1n) is 9.76. The molecular weight excluding hydrogens is 379 g/mol. The van der Waals surface area contributed by atoms with Crippen LogP contribution in [0.15, 0.2) is 60.7 Å². The van der Waals surface area contributed by atoms with Crippen molar-refractivity contribution in [2.45, 2.75) is 6.18 Å². The second-order valence-corrected chi connectivity index (χ2v) is 7.29. The number of carbonyl (C=O) groups is 1. The van der Waals surface area contributed by atoms with E-state index in [1.807, 2.05) is 18.2 Å². The van der Waals surface area contributed by atoms with E-state index in [1.165, 1.54) is 28.7 Å². The van der Waals surface area contributed by atoms with Crippen molar-refractivity contribution in [3.8, 4) is 0 Å². The normalized spacial score (nSPS) is 20.0. The van der Waals surface area contributed by atoms with Crippen molar-refractivity contribution in [1.29, 1.82) is 0 Å². The van der Waals surface area contributed by atoms with Crippen LogP contribution in [0, 0.1) is 0 Å². The van der Waals surface area contributed by atoms with E-state index >= 15 is 0 Å². The van der Waals surface area contributed by atoms with Crippen molar-refractivity contribution >= 4 is 17.7 Å². The first-order valence-corrected chi connectivity index (χ1v) is 9.76. The zero-order chi connectivity index (χ0) is 20.7. The summed E-state index contributed by atoms with van der Waals surface area (Å²) in [7, 11) is 0. The number of anilines is 1. The van der Waals surface area contributed by atoms with Gasteiger partial charge in [-0.1, -0.05) is 48.5 Å². The van der Waals surface area contributed by atoms with Crippen LogP contribution in [0.25, 0.3) is 6.08 Å². The van der Waals surface area contributed by atoms with Crippen LogP contribution in [-0.2, 0) is 11.0 Å². The van der Waals surface area contributed by atoms with Crippen LogP contribution in [-0.4, -0.2) is 45.2 Å². The molecule has 1 saturated heterocycles. The zero-order valence-electron chi connectivity index (χ0n) is 16.1. The lowest BCUT2D eigenvalue weighted by atomic mass is 10.1. The Morgan fingerprint density at radius 3 is 2.24 bits per heavy atom. The maximum absolute atomic E-state index is 13.0. The van der Waals surface area contributed by atoms with Crippen LogP contribution >= 0.6 is 0 Å². The lowest BCUT2D eigenvalue weighted by molar-refractivity contribution is -1.01. The molecular formula is C22H26F3N3O+2. The molecule has 0 bridgehead atoms. The molecule has 0 spiro atoms. The molecule has 0 saturated carbocycles. The van der Waals surface area contributed by atoms with E-state index in [4.69, 9.17) is 0 Å². The van der Waals surface area contributed by atoms with Crippen LogP contribution < -0.4 is 15.1 Å². The standard InChI is InChI=1S/C22H24F3N3O/c23-22(24,25)19-10-4-5-11-20(19)26-21(29)17-28-15-13-27(14-16-28)12-6-9-18-7-2-1-3-8-18/h1-11H,12-17H2,(H,26,29)/p+2/b9-6+. The summed E-state index contributed by atoms with van der Waals surface area (Å²) < 4.78 is 39.1. The molecule has 1 aliphatic heterocycles. The molecule has 0 radical (unpaired) electrons. The number of carbonyl (C=O) groups excluding carboxylic acids is 1. The van der Waals surface area contributed by atoms with E-state index in [-0.39, 0.29) is 18.1 Å². The van der Waals surface area contributed by atoms with Gasteiger partial charge in [-0.3, -0.25) is 4.79 Å². The number of quaternary nitrogens is 2. The summed E-state index contributed by atoms with van der Waals surface area (Å²) in [5.41, 5.74) is 0.175. The van der Waals surface area contributed by atoms with Gasteiger partial charge in [0.1, 0.15) is 26.2 Å². The van der Waals surface area contributed by atoms with Crippen LogP contribution in [0.1, 0.15) is 11.1 Å². The van der Waals surface area contributed by atoms with Gasteiger partial charge in [-0.15, -0.1) is 0 Å². The van der Waals surface area contributed by atoms with E-state index in [0.29, 0.717) is 0 Å². The summed E-state index contributed by atoms with van der Waals surface area (Å²) in [5.74, 6) is -0.385. The summed E-state index contributed by atoms with van der Waals surface area (Å²) in [6.07, 6.45) is -0.215. The smallest absolute Gasteiger partial charge is 0.322 e. The number of rotatable bonds is 6. The number of amides is 1. The van der Waals surface area contributed by atoms with E-state index in [9.17, 15) is 18.0 Å². The van der Waals surface area contributed by atoms with Crippen molar-refractivity contribution in [3.05, 3.63) is 71.8 Å². The zero-order valence-corrected chi connectivity index (χ0v) is 16.1. The molecule has 4 nitrogen and oxygen atoms in total. The molecule has 0 aromatic heterocycles. The van der Waals surface area contributed by atoms with Crippen LogP contribution in [0.5, 0.6) is 0 Å². The summed E-state index contributed by atoms with van der Waals surface area (Å²) in [4.78, 5) is 14.8. The van der Waals surface area contributed by atoms with Crippen molar-refractivity contribution in [2.24, 2.45) is 0 Å². The Morgan fingerprint density at radius 1 is 0.931 bits per heavy atom. The molecule has 1 aliphatic rings. The molecule has 3 rings (SSSR count). The minimum absolute atomic E-state index is 0.180. The Kier molecular flexibility index (Phi) is 7.06. The number of nitrogens with one attached hydrogen (secondary N) is 3. The third-order valence-electron chi connectivity index (χ3n) is 5.10. The van der Waals surface area contributed by atoms with Gasteiger partial charge in [0.25, 0.3) is 5.91 Å². The summed E-state index contributed by atoms with van der Waals surface area (Å²) >= 11 is 0.